The molecule has 2 aromatic rings. The third-order valence-electron chi connectivity index (χ3n) is 3.86. The summed E-state index contributed by atoms with van der Waals surface area (Å²) in [5.41, 5.74) is 8.66. The minimum atomic E-state index is -0.693. The zero-order chi connectivity index (χ0) is 20.0. The van der Waals surface area contributed by atoms with Crippen LogP contribution in [0, 0.1) is 25.2 Å². The van der Waals surface area contributed by atoms with Gasteiger partial charge in [0.1, 0.15) is 11.6 Å². The molecule has 0 saturated carbocycles. The minimum Gasteiger partial charge on any atom is -0.454 e. The molecule has 2 rings (SSSR count). The second-order valence-corrected chi connectivity index (χ2v) is 5.87. The number of ether oxygens (including phenoxy) is 1. The van der Waals surface area contributed by atoms with Crippen LogP contribution in [0.25, 0.3) is 11.8 Å². The summed E-state index contributed by atoms with van der Waals surface area (Å²) in [7, 11) is 0. The summed E-state index contributed by atoms with van der Waals surface area (Å²) in [6.07, 6.45) is 2.82. The number of carbonyl (C=O) groups is 2. The summed E-state index contributed by atoms with van der Waals surface area (Å²) in [6, 6.07) is 11.3. The fourth-order valence-electron chi connectivity index (χ4n) is 2.50. The van der Waals surface area contributed by atoms with Gasteiger partial charge in [-0.1, -0.05) is 18.2 Å². The van der Waals surface area contributed by atoms with Gasteiger partial charge in [0.25, 0.3) is 0 Å². The van der Waals surface area contributed by atoms with Gasteiger partial charge >= 0.3 is 5.97 Å². The van der Waals surface area contributed by atoms with E-state index in [-0.39, 0.29) is 11.3 Å². The lowest BCUT2D eigenvalue weighted by molar-refractivity contribution is -0.141. The summed E-state index contributed by atoms with van der Waals surface area (Å²) in [5.74, 6) is -1.33. The minimum absolute atomic E-state index is 0.0914. The smallest absolute Gasteiger partial charge is 0.331 e. The van der Waals surface area contributed by atoms with E-state index < -0.39 is 18.4 Å². The Morgan fingerprint density at radius 1 is 1.30 bits per heavy atom. The van der Waals surface area contributed by atoms with E-state index in [4.69, 9.17) is 15.7 Å². The van der Waals surface area contributed by atoms with Gasteiger partial charge < -0.3 is 10.5 Å². The number of rotatable bonds is 6. The highest BCUT2D eigenvalue weighted by Crippen LogP contribution is 2.19. The van der Waals surface area contributed by atoms with Gasteiger partial charge in [0.15, 0.2) is 6.61 Å². The Balaban J connectivity index is 2.09. The molecule has 1 heterocycles. The highest BCUT2D eigenvalue weighted by atomic mass is 16.5. The average Bonchev–Trinajstić information content (AvgIpc) is 2.93. The number of para-hydroxylation sites is 1. The number of allylic oxidation sites excluding steroid dienone is 1. The Morgan fingerprint density at radius 2 is 1.96 bits per heavy atom. The predicted molar refractivity (Wildman–Crippen MR) is 101 cm³/mol. The molecule has 0 aliphatic heterocycles. The first-order valence-electron chi connectivity index (χ1n) is 8.21. The number of ketones is 1. The van der Waals surface area contributed by atoms with Crippen molar-refractivity contribution in [1.29, 1.82) is 5.26 Å². The Labute approximate surface area is 157 Å². The molecule has 0 amide bonds. The van der Waals surface area contributed by atoms with Gasteiger partial charge in [0.2, 0.25) is 5.78 Å². The highest BCUT2D eigenvalue weighted by molar-refractivity contribution is 6.01. The molecule has 0 radical (unpaired) electrons. The van der Waals surface area contributed by atoms with E-state index in [1.54, 1.807) is 16.8 Å². The van der Waals surface area contributed by atoms with Gasteiger partial charge in [0.05, 0.1) is 11.4 Å². The van der Waals surface area contributed by atoms with Gasteiger partial charge in [-0.25, -0.2) is 9.48 Å². The number of nitriles is 1. The van der Waals surface area contributed by atoms with Crippen LogP contribution in [0.1, 0.15) is 23.9 Å². The van der Waals surface area contributed by atoms with Crippen molar-refractivity contribution >= 4 is 17.8 Å². The quantitative estimate of drug-likeness (QED) is 0.478. The van der Waals surface area contributed by atoms with Crippen LogP contribution in [-0.4, -0.2) is 28.1 Å². The van der Waals surface area contributed by atoms with Crippen LogP contribution in [-0.2, 0) is 14.3 Å². The summed E-state index contributed by atoms with van der Waals surface area (Å²) in [5, 5.41) is 13.4. The standard InChI is InChI=1S/C20H20N4O3/c1-13(22)18(11-21)19(25)12-27-20(26)10-9-17-14(2)23-24(15(17)3)16-7-5-4-6-8-16/h4-10H,12,22H2,1-3H3/b10-9+,18-13-. The Bertz CT molecular complexity index is 959. The number of Topliss-reactive ketones (excluding diaryl/α,β-unsaturated/α-hetero) is 1. The molecule has 0 fully saturated rings. The van der Waals surface area contributed by atoms with Crippen molar-refractivity contribution in [3.05, 3.63) is 64.6 Å². The molecule has 1 aromatic carbocycles. The normalized spacial score (nSPS) is 11.8. The molecule has 0 atom stereocenters. The van der Waals surface area contributed by atoms with Crippen molar-refractivity contribution in [2.24, 2.45) is 5.73 Å². The van der Waals surface area contributed by atoms with Crippen LogP contribution >= 0.6 is 0 Å². The van der Waals surface area contributed by atoms with Crippen molar-refractivity contribution in [2.75, 3.05) is 6.61 Å². The van der Waals surface area contributed by atoms with Crippen molar-refractivity contribution < 1.29 is 14.3 Å². The number of benzene rings is 1. The van der Waals surface area contributed by atoms with E-state index in [1.807, 2.05) is 44.2 Å². The summed E-state index contributed by atoms with van der Waals surface area (Å²) in [6.45, 7) is 4.64. The van der Waals surface area contributed by atoms with E-state index in [0.29, 0.717) is 0 Å². The number of hydrogen-bond donors (Lipinski definition) is 1. The van der Waals surface area contributed by atoms with Gasteiger partial charge in [0, 0.05) is 23.0 Å². The van der Waals surface area contributed by atoms with Gasteiger partial charge in [-0.3, -0.25) is 4.79 Å². The Hall–Kier alpha value is -3.66. The molecular weight excluding hydrogens is 344 g/mol. The summed E-state index contributed by atoms with van der Waals surface area (Å²) in [4.78, 5) is 23.7. The predicted octanol–water partition coefficient (Wildman–Crippen LogP) is 2.37. The fourth-order valence-corrected chi connectivity index (χ4v) is 2.50. The van der Waals surface area contributed by atoms with Crippen LogP contribution in [0.4, 0.5) is 0 Å². The summed E-state index contributed by atoms with van der Waals surface area (Å²) < 4.78 is 6.68. The largest absolute Gasteiger partial charge is 0.454 e. The van der Waals surface area contributed by atoms with Crippen molar-refractivity contribution in [1.82, 2.24) is 9.78 Å². The number of esters is 1. The SMILES string of the molecule is C/C(N)=C(\C#N)C(=O)COC(=O)/C=C/c1c(C)nn(-c2ccccc2)c1C. The van der Waals surface area contributed by atoms with Crippen molar-refractivity contribution in [3.63, 3.8) is 0 Å². The monoisotopic (exact) mass is 364 g/mol. The molecule has 138 valence electrons. The van der Waals surface area contributed by atoms with Gasteiger partial charge in [-0.2, -0.15) is 10.4 Å². The molecular formula is C20H20N4O3. The Kier molecular flexibility index (Phi) is 6.28. The molecule has 27 heavy (non-hydrogen) atoms. The molecule has 2 N–H and O–H groups in total. The van der Waals surface area contributed by atoms with E-state index >= 15 is 0 Å². The van der Waals surface area contributed by atoms with E-state index in [2.05, 4.69) is 5.10 Å². The van der Waals surface area contributed by atoms with Gasteiger partial charge in [-0.05, 0) is 39.0 Å². The molecule has 0 aliphatic carbocycles. The summed E-state index contributed by atoms with van der Waals surface area (Å²) >= 11 is 0. The van der Waals surface area contributed by atoms with E-state index in [1.165, 1.54) is 13.0 Å². The lowest BCUT2D eigenvalue weighted by Gasteiger charge is -2.04. The maximum absolute atomic E-state index is 11.9. The number of nitrogens with two attached hydrogens (primary N) is 1. The number of aromatic nitrogens is 2. The lowest BCUT2D eigenvalue weighted by Crippen LogP contribution is -2.16. The zero-order valence-corrected chi connectivity index (χ0v) is 15.4. The first-order valence-corrected chi connectivity index (χ1v) is 8.21. The molecule has 7 nitrogen and oxygen atoms in total. The van der Waals surface area contributed by atoms with Crippen LogP contribution in [0.15, 0.2) is 47.7 Å². The third kappa shape index (κ3) is 4.70. The molecule has 7 heteroatoms. The number of carbonyl (C=O) groups excluding carboxylic acids is 2. The fraction of sp³-hybridized carbons (Fsp3) is 0.200. The Morgan fingerprint density at radius 3 is 2.56 bits per heavy atom. The van der Waals surface area contributed by atoms with Crippen LogP contribution < -0.4 is 5.73 Å². The average molecular weight is 364 g/mol. The number of aryl methyl sites for hydroxylation is 1. The molecule has 0 aliphatic rings. The molecule has 1 aromatic heterocycles. The first kappa shape index (κ1) is 19.7. The second-order valence-electron chi connectivity index (χ2n) is 5.87. The first-order chi connectivity index (χ1) is 12.8. The van der Waals surface area contributed by atoms with E-state index in [9.17, 15) is 9.59 Å². The van der Waals surface area contributed by atoms with Crippen LogP contribution in [0.5, 0.6) is 0 Å². The topological polar surface area (TPSA) is 111 Å². The maximum Gasteiger partial charge on any atom is 0.331 e. The van der Waals surface area contributed by atoms with Crippen LogP contribution in [0.2, 0.25) is 0 Å². The zero-order valence-electron chi connectivity index (χ0n) is 15.4. The highest BCUT2D eigenvalue weighted by Gasteiger charge is 2.14. The van der Waals surface area contributed by atoms with E-state index in [0.717, 1.165) is 22.6 Å². The third-order valence-corrected chi connectivity index (χ3v) is 3.86. The molecule has 0 unspecified atom stereocenters. The number of nitrogens with zero attached hydrogens (tertiary/aromatic N) is 3. The second kappa shape index (κ2) is 8.63. The molecule has 0 bridgehead atoms. The lowest BCUT2D eigenvalue weighted by atomic mass is 10.1. The van der Waals surface area contributed by atoms with Crippen molar-refractivity contribution in [2.45, 2.75) is 20.8 Å². The molecule has 0 saturated heterocycles. The molecule has 0 spiro atoms. The maximum atomic E-state index is 11.9. The van der Waals surface area contributed by atoms with Crippen molar-refractivity contribution in [3.8, 4) is 11.8 Å². The van der Waals surface area contributed by atoms with Crippen LogP contribution in [0.3, 0.4) is 0 Å². The van der Waals surface area contributed by atoms with Gasteiger partial charge in [-0.15, -0.1) is 0 Å². The number of hydrogen-bond acceptors (Lipinski definition) is 6.